The molecule has 0 aliphatic rings. The van der Waals surface area contributed by atoms with Gasteiger partial charge in [0.1, 0.15) is 12.0 Å². The molecule has 0 saturated heterocycles. The van der Waals surface area contributed by atoms with Crippen molar-refractivity contribution in [2.45, 2.75) is 43.0 Å². The first-order chi connectivity index (χ1) is 19.0. The van der Waals surface area contributed by atoms with E-state index in [1.54, 1.807) is 11.9 Å². The predicted octanol–water partition coefficient (Wildman–Crippen LogP) is 6.36. The number of ether oxygens (including phenoxy) is 1. The molecule has 2 rings (SSSR count). The molecule has 224 valence electrons. The van der Waals surface area contributed by atoms with Crippen LogP contribution in [0.1, 0.15) is 46.0 Å². The molecule has 0 N–H and O–H groups in total. The van der Waals surface area contributed by atoms with Crippen molar-refractivity contribution in [3.8, 4) is 11.8 Å². The highest BCUT2D eigenvalue weighted by atomic mass is 32.2. The maximum absolute atomic E-state index is 14.1. The summed E-state index contributed by atoms with van der Waals surface area (Å²) in [4.78, 5) is 37.8. The zero-order valence-electron chi connectivity index (χ0n) is 20.8. The van der Waals surface area contributed by atoms with Crippen LogP contribution in [0.25, 0.3) is 10.8 Å². The van der Waals surface area contributed by atoms with Gasteiger partial charge in [0.25, 0.3) is 5.91 Å². The molecule has 1 atom stereocenters. The molecule has 7 nitrogen and oxygen atoms in total. The second kappa shape index (κ2) is 13.0. The molecule has 0 spiro atoms. The Bertz CT molecular complexity index is 1360. The summed E-state index contributed by atoms with van der Waals surface area (Å²) in [5.41, 5.74) is -0.329. The zero-order chi connectivity index (χ0) is 31.2. The summed E-state index contributed by atoms with van der Waals surface area (Å²) in [7, 11) is 0.594. The summed E-state index contributed by atoms with van der Waals surface area (Å²) in [6, 6.07) is 6.37. The van der Waals surface area contributed by atoms with E-state index in [0.29, 0.717) is 19.8 Å². The molecule has 41 heavy (non-hydrogen) atoms. The fourth-order valence-electron chi connectivity index (χ4n) is 3.16. The third-order valence-electron chi connectivity index (χ3n) is 5.19. The summed E-state index contributed by atoms with van der Waals surface area (Å²) in [6.45, 7) is 1.47. The molecule has 2 aromatic carbocycles. The van der Waals surface area contributed by atoms with E-state index in [0.717, 1.165) is 6.07 Å². The highest BCUT2D eigenvalue weighted by Crippen LogP contribution is 2.56. The summed E-state index contributed by atoms with van der Waals surface area (Å²) < 4.78 is 128. The van der Waals surface area contributed by atoms with Crippen molar-refractivity contribution in [3.63, 3.8) is 0 Å². The topological polar surface area (TPSA) is 82.1 Å². The second-order valence-corrected chi connectivity index (χ2v) is 8.81. The van der Waals surface area contributed by atoms with Gasteiger partial charge in [0.15, 0.2) is 12.9 Å². The van der Waals surface area contributed by atoms with E-state index in [2.05, 4.69) is 16.1 Å². The summed E-state index contributed by atoms with van der Waals surface area (Å²) >= 11 is -1.76. The number of rotatable bonds is 11. The molecule has 1 amide bonds. The smallest absolute Gasteiger partial charge is 0.452 e. The highest BCUT2D eigenvalue weighted by molar-refractivity contribution is 7.95. The number of alkyl halides is 8. The number of fused-ring (bicyclic) bond motifs is 1. The molecular weight excluding hydrogens is 601 g/mol. The molecule has 0 aliphatic carbocycles. The van der Waals surface area contributed by atoms with Crippen molar-refractivity contribution >= 4 is 41.0 Å². The number of carbonyl (C=O) groups is 3. The SMILES string of the molecule is CCCC(=O)OCC#Cc1ccc(C=O)c2c(C(=O)N(C)OSC(F)(F)C(F)(OF)C(F)(F)C(F)(F)F)cccc12. The van der Waals surface area contributed by atoms with Crippen molar-refractivity contribution in [3.05, 3.63) is 47.0 Å². The van der Waals surface area contributed by atoms with E-state index in [-0.39, 0.29) is 40.0 Å². The number of amides is 1. The van der Waals surface area contributed by atoms with Crippen LogP contribution in [0.5, 0.6) is 0 Å². The zero-order valence-corrected chi connectivity index (χ0v) is 21.6. The predicted molar refractivity (Wildman–Crippen MR) is 125 cm³/mol. The third-order valence-corrected chi connectivity index (χ3v) is 5.96. The van der Waals surface area contributed by atoms with Gasteiger partial charge in [0.05, 0.1) is 5.56 Å². The van der Waals surface area contributed by atoms with Crippen molar-refractivity contribution < 1.29 is 68.0 Å². The molecule has 0 bridgehead atoms. The van der Waals surface area contributed by atoms with Crippen LogP contribution in [0.2, 0.25) is 0 Å². The van der Waals surface area contributed by atoms with E-state index in [9.17, 15) is 54.0 Å². The lowest BCUT2D eigenvalue weighted by molar-refractivity contribution is -0.458. The van der Waals surface area contributed by atoms with Gasteiger partial charge in [-0.25, -0.2) is 5.06 Å². The maximum Gasteiger partial charge on any atom is 0.459 e. The van der Waals surface area contributed by atoms with Crippen LogP contribution >= 0.6 is 12.0 Å². The molecular formula is C24H18F9NO6S. The Morgan fingerprint density at radius 3 is 2.27 bits per heavy atom. The minimum Gasteiger partial charge on any atom is -0.452 e. The van der Waals surface area contributed by atoms with E-state index in [1.165, 1.54) is 24.3 Å². The first kappa shape index (κ1) is 33.7. The molecule has 2 aromatic rings. The van der Waals surface area contributed by atoms with Gasteiger partial charge in [-0.1, -0.05) is 30.9 Å². The summed E-state index contributed by atoms with van der Waals surface area (Å²) in [5.74, 6) is -10.3. The fraction of sp³-hybridized carbons (Fsp3) is 0.375. The van der Waals surface area contributed by atoms with Crippen LogP contribution in [-0.4, -0.2) is 60.1 Å². The summed E-state index contributed by atoms with van der Waals surface area (Å²) in [6.07, 6.45) is -5.97. The van der Waals surface area contributed by atoms with Gasteiger partial charge in [-0.15, -0.1) is 4.94 Å². The van der Waals surface area contributed by atoms with E-state index in [1.807, 2.05) is 0 Å². The third kappa shape index (κ3) is 6.88. The van der Waals surface area contributed by atoms with Gasteiger partial charge >= 0.3 is 29.2 Å². The lowest BCUT2D eigenvalue weighted by atomic mass is 9.95. The molecule has 0 aromatic heterocycles. The van der Waals surface area contributed by atoms with Gasteiger partial charge in [0, 0.05) is 30.0 Å². The van der Waals surface area contributed by atoms with Crippen molar-refractivity contribution in [1.82, 2.24) is 5.06 Å². The number of hydrogen-bond donors (Lipinski definition) is 0. The second-order valence-electron chi connectivity index (χ2n) is 7.98. The monoisotopic (exact) mass is 619 g/mol. The first-order valence-electron chi connectivity index (χ1n) is 11.1. The van der Waals surface area contributed by atoms with Crippen LogP contribution in [0.3, 0.4) is 0 Å². The van der Waals surface area contributed by atoms with Crippen LogP contribution in [0.4, 0.5) is 39.6 Å². The molecule has 0 aliphatic heterocycles. The molecule has 0 saturated carbocycles. The standard InChI is InChI=1S/C24H18F9NO6S/c1-3-6-18(36)38-12-5-7-14-10-11-15(13-35)19-16(14)8-4-9-17(19)20(37)34(2)40-41-24(31,32)22(27,39-33)21(25,26)23(28,29)30/h4,8-11,13H,3,6,12H2,1-2H3. The largest absolute Gasteiger partial charge is 0.459 e. The van der Waals surface area contributed by atoms with Crippen molar-refractivity contribution in [2.24, 2.45) is 0 Å². The lowest BCUT2D eigenvalue weighted by Gasteiger charge is -2.35. The molecule has 17 heteroatoms. The van der Waals surface area contributed by atoms with Crippen LogP contribution < -0.4 is 0 Å². The number of carbonyl (C=O) groups excluding carboxylic acids is 3. The van der Waals surface area contributed by atoms with E-state index >= 15 is 0 Å². The number of nitrogens with zero attached hydrogens (tertiary/aromatic N) is 1. The molecule has 0 radical (unpaired) electrons. The van der Waals surface area contributed by atoms with Crippen LogP contribution in [0, 0.1) is 11.8 Å². The maximum atomic E-state index is 14.1. The van der Waals surface area contributed by atoms with Gasteiger partial charge in [-0.05, 0) is 34.5 Å². The highest BCUT2D eigenvalue weighted by Gasteiger charge is 2.83. The quantitative estimate of drug-likeness (QED) is 0.0724. The molecule has 0 heterocycles. The number of hydrogen-bond acceptors (Lipinski definition) is 7. The number of benzene rings is 2. The molecule has 0 fully saturated rings. The Morgan fingerprint density at radius 1 is 1.05 bits per heavy atom. The minimum atomic E-state index is -7.06. The van der Waals surface area contributed by atoms with Crippen molar-refractivity contribution in [1.29, 1.82) is 0 Å². The Kier molecular flexibility index (Phi) is 10.7. The number of esters is 1. The first-order valence-corrected chi connectivity index (χ1v) is 11.8. The van der Waals surface area contributed by atoms with Crippen LogP contribution in [0.15, 0.2) is 30.3 Å². The van der Waals surface area contributed by atoms with Gasteiger partial charge in [0.2, 0.25) is 0 Å². The van der Waals surface area contributed by atoms with E-state index < -0.39 is 52.7 Å². The number of hydroxylamine groups is 2. The van der Waals surface area contributed by atoms with Crippen LogP contribution in [-0.2, 0) is 18.8 Å². The lowest BCUT2D eigenvalue weighted by Crippen LogP contribution is -2.63. The van der Waals surface area contributed by atoms with Gasteiger partial charge < -0.3 is 4.74 Å². The van der Waals surface area contributed by atoms with Crippen molar-refractivity contribution in [2.75, 3.05) is 13.7 Å². The Balaban J connectivity index is 2.38. The Labute approximate surface area is 229 Å². The van der Waals surface area contributed by atoms with E-state index in [4.69, 9.17) is 4.74 Å². The average molecular weight is 619 g/mol. The molecule has 1 unspecified atom stereocenters. The summed E-state index contributed by atoms with van der Waals surface area (Å²) in [5, 5.41) is -6.13. The number of aldehydes is 1. The van der Waals surface area contributed by atoms with Gasteiger partial charge in [-0.2, -0.15) is 39.4 Å². The Morgan fingerprint density at radius 2 is 1.71 bits per heavy atom. The van der Waals surface area contributed by atoms with Gasteiger partial charge in [-0.3, -0.25) is 14.4 Å². The Hall–Kier alpha value is -3.49. The average Bonchev–Trinajstić information content (AvgIpc) is 2.92. The normalized spacial score (nSPS) is 13.6. The minimum absolute atomic E-state index is 0.106. The number of halogens is 9. The fourth-order valence-corrected chi connectivity index (χ4v) is 3.70.